The van der Waals surface area contributed by atoms with Gasteiger partial charge in [0.2, 0.25) is 0 Å². The summed E-state index contributed by atoms with van der Waals surface area (Å²) in [5, 5.41) is 0. The molecule has 1 aliphatic rings. The molecule has 1 saturated heterocycles. The highest BCUT2D eigenvalue weighted by molar-refractivity contribution is 5.07. The number of rotatable bonds is 4. The Hall–Kier alpha value is -0.800. The van der Waals surface area contributed by atoms with Crippen molar-refractivity contribution in [3.63, 3.8) is 0 Å². The number of nitrogens with two attached hydrogens (primary N) is 1. The Bertz CT molecular complexity index is 265. The van der Waals surface area contributed by atoms with Crippen LogP contribution in [-0.4, -0.2) is 18.8 Å². The van der Waals surface area contributed by atoms with E-state index >= 15 is 0 Å². The van der Waals surface area contributed by atoms with Gasteiger partial charge in [-0.25, -0.2) is 0 Å². The van der Waals surface area contributed by atoms with Crippen molar-refractivity contribution in [3.05, 3.63) is 24.2 Å². The Morgan fingerprint density at radius 3 is 3.07 bits per heavy atom. The molecule has 2 N–H and O–H groups in total. The lowest BCUT2D eigenvalue weighted by Gasteiger charge is -2.25. The van der Waals surface area contributed by atoms with Crippen molar-refractivity contribution < 1.29 is 9.15 Å². The van der Waals surface area contributed by atoms with Crippen molar-refractivity contribution in [2.45, 2.75) is 44.2 Å². The Labute approximate surface area is 90.6 Å². The van der Waals surface area contributed by atoms with Gasteiger partial charge in [0.1, 0.15) is 0 Å². The van der Waals surface area contributed by atoms with E-state index in [1.165, 1.54) is 24.8 Å². The van der Waals surface area contributed by atoms with Crippen molar-refractivity contribution >= 4 is 0 Å². The lowest BCUT2D eigenvalue weighted by Crippen LogP contribution is -2.31. The minimum absolute atomic E-state index is 0.186. The van der Waals surface area contributed by atoms with Crippen LogP contribution in [0.25, 0.3) is 0 Å². The molecule has 2 rings (SSSR count). The summed E-state index contributed by atoms with van der Waals surface area (Å²) in [7, 11) is 0. The second-order valence-corrected chi connectivity index (χ2v) is 4.32. The molecule has 3 nitrogen and oxygen atoms in total. The first-order chi connectivity index (χ1) is 7.34. The van der Waals surface area contributed by atoms with Crippen LogP contribution in [0.5, 0.6) is 0 Å². The average Bonchev–Trinajstić information content (AvgIpc) is 2.71. The van der Waals surface area contributed by atoms with Crippen LogP contribution in [0.3, 0.4) is 0 Å². The Kier molecular flexibility index (Phi) is 3.80. The van der Waals surface area contributed by atoms with E-state index in [0.717, 1.165) is 19.4 Å². The second-order valence-electron chi connectivity index (χ2n) is 4.32. The van der Waals surface area contributed by atoms with Gasteiger partial charge in [0.25, 0.3) is 0 Å². The summed E-state index contributed by atoms with van der Waals surface area (Å²) in [6.45, 7) is 0.906. The van der Waals surface area contributed by atoms with Gasteiger partial charge in [-0.3, -0.25) is 0 Å². The van der Waals surface area contributed by atoms with Crippen molar-refractivity contribution in [2.75, 3.05) is 6.61 Å². The largest absolute Gasteiger partial charge is 0.472 e. The molecule has 1 aromatic rings. The highest BCUT2D eigenvalue weighted by atomic mass is 16.5. The van der Waals surface area contributed by atoms with Gasteiger partial charge < -0.3 is 14.9 Å². The molecule has 1 fully saturated rings. The molecule has 0 radical (unpaired) electrons. The van der Waals surface area contributed by atoms with E-state index in [0.29, 0.717) is 6.10 Å². The van der Waals surface area contributed by atoms with Crippen LogP contribution >= 0.6 is 0 Å². The predicted molar refractivity (Wildman–Crippen MR) is 58.6 cm³/mol. The Balaban J connectivity index is 1.74. The zero-order valence-corrected chi connectivity index (χ0v) is 9.02. The quantitative estimate of drug-likeness (QED) is 0.826. The van der Waals surface area contributed by atoms with E-state index in [9.17, 15) is 0 Å². The molecule has 3 heteroatoms. The first-order valence-electron chi connectivity index (χ1n) is 5.73. The summed E-state index contributed by atoms with van der Waals surface area (Å²) in [5.74, 6) is 0. The molecule has 2 atom stereocenters. The molecule has 1 aliphatic heterocycles. The summed E-state index contributed by atoms with van der Waals surface area (Å²) in [4.78, 5) is 0. The molecule has 0 amide bonds. The normalized spacial score (nSPS) is 23.9. The molecular weight excluding hydrogens is 190 g/mol. The van der Waals surface area contributed by atoms with Gasteiger partial charge in [0.05, 0.1) is 18.6 Å². The van der Waals surface area contributed by atoms with Crippen LogP contribution in [0.15, 0.2) is 23.0 Å². The van der Waals surface area contributed by atoms with E-state index in [2.05, 4.69) is 0 Å². The zero-order chi connectivity index (χ0) is 10.5. The fourth-order valence-electron chi connectivity index (χ4n) is 2.13. The predicted octanol–water partition coefficient (Wildman–Crippen LogP) is 2.11. The minimum atomic E-state index is 0.186. The maximum atomic E-state index is 6.07. The fourth-order valence-corrected chi connectivity index (χ4v) is 2.13. The van der Waals surface area contributed by atoms with Crippen molar-refractivity contribution in [3.8, 4) is 0 Å². The van der Waals surface area contributed by atoms with Crippen LogP contribution in [0, 0.1) is 0 Å². The topological polar surface area (TPSA) is 48.4 Å². The van der Waals surface area contributed by atoms with Crippen LogP contribution in [0.2, 0.25) is 0 Å². The average molecular weight is 209 g/mol. The standard InChI is InChI=1S/C12H19NO2/c13-11(7-10-4-6-14-9-10)8-12-3-1-2-5-15-12/h4,6,9,11-12H,1-3,5,7-8,13H2. The van der Waals surface area contributed by atoms with Gasteiger partial charge in [-0.1, -0.05) is 0 Å². The highest BCUT2D eigenvalue weighted by Gasteiger charge is 2.17. The molecule has 0 saturated carbocycles. The molecule has 84 valence electrons. The summed E-state index contributed by atoms with van der Waals surface area (Å²) in [6, 6.07) is 2.16. The number of hydrogen-bond donors (Lipinski definition) is 1. The fraction of sp³-hybridized carbons (Fsp3) is 0.667. The molecule has 0 aromatic carbocycles. The molecule has 2 heterocycles. The number of furan rings is 1. The molecular formula is C12H19NO2. The number of hydrogen-bond acceptors (Lipinski definition) is 3. The number of ether oxygens (including phenoxy) is 1. The van der Waals surface area contributed by atoms with E-state index in [4.69, 9.17) is 14.9 Å². The van der Waals surface area contributed by atoms with Crippen molar-refractivity contribution in [1.29, 1.82) is 0 Å². The maximum Gasteiger partial charge on any atom is 0.0935 e. The van der Waals surface area contributed by atoms with Crippen LogP contribution in [0.4, 0.5) is 0 Å². The van der Waals surface area contributed by atoms with Crippen LogP contribution < -0.4 is 5.73 Å². The third-order valence-electron chi connectivity index (χ3n) is 2.92. The monoisotopic (exact) mass is 209 g/mol. The maximum absolute atomic E-state index is 6.07. The smallest absolute Gasteiger partial charge is 0.0935 e. The van der Waals surface area contributed by atoms with Gasteiger partial charge in [-0.05, 0) is 43.7 Å². The first kappa shape index (κ1) is 10.7. The highest BCUT2D eigenvalue weighted by Crippen LogP contribution is 2.17. The van der Waals surface area contributed by atoms with Gasteiger partial charge in [-0.2, -0.15) is 0 Å². The van der Waals surface area contributed by atoms with Gasteiger partial charge >= 0.3 is 0 Å². The van der Waals surface area contributed by atoms with Gasteiger partial charge in [0.15, 0.2) is 0 Å². The van der Waals surface area contributed by atoms with E-state index in [1.807, 2.05) is 6.07 Å². The van der Waals surface area contributed by atoms with Crippen molar-refractivity contribution in [1.82, 2.24) is 0 Å². The molecule has 0 aliphatic carbocycles. The lowest BCUT2D eigenvalue weighted by atomic mass is 9.99. The van der Waals surface area contributed by atoms with Crippen LogP contribution in [0.1, 0.15) is 31.2 Å². The molecule has 1 aromatic heterocycles. The summed E-state index contributed by atoms with van der Waals surface area (Å²) < 4.78 is 10.7. The summed E-state index contributed by atoms with van der Waals surface area (Å²) in [6.07, 6.45) is 9.33. The van der Waals surface area contributed by atoms with E-state index < -0.39 is 0 Å². The second kappa shape index (κ2) is 5.33. The summed E-state index contributed by atoms with van der Waals surface area (Å²) >= 11 is 0. The van der Waals surface area contributed by atoms with Gasteiger partial charge in [0, 0.05) is 12.6 Å². The first-order valence-corrected chi connectivity index (χ1v) is 5.73. The van der Waals surface area contributed by atoms with Gasteiger partial charge in [-0.15, -0.1) is 0 Å². The third kappa shape index (κ3) is 3.36. The molecule has 15 heavy (non-hydrogen) atoms. The van der Waals surface area contributed by atoms with E-state index in [-0.39, 0.29) is 6.04 Å². The Morgan fingerprint density at radius 1 is 1.47 bits per heavy atom. The van der Waals surface area contributed by atoms with Crippen LogP contribution in [-0.2, 0) is 11.2 Å². The minimum Gasteiger partial charge on any atom is -0.472 e. The third-order valence-corrected chi connectivity index (χ3v) is 2.92. The Morgan fingerprint density at radius 2 is 2.40 bits per heavy atom. The molecule has 2 unspecified atom stereocenters. The van der Waals surface area contributed by atoms with Crippen molar-refractivity contribution in [2.24, 2.45) is 5.73 Å². The van der Waals surface area contributed by atoms with E-state index in [1.54, 1.807) is 12.5 Å². The zero-order valence-electron chi connectivity index (χ0n) is 9.02. The lowest BCUT2D eigenvalue weighted by molar-refractivity contribution is 0.00746. The molecule has 0 bridgehead atoms. The summed E-state index contributed by atoms with van der Waals surface area (Å²) in [5.41, 5.74) is 7.25. The SMILES string of the molecule is NC(Cc1ccoc1)CC1CCCCO1. The molecule has 0 spiro atoms.